The highest BCUT2D eigenvalue weighted by Crippen LogP contribution is 2.29. The predicted octanol–water partition coefficient (Wildman–Crippen LogP) is 1.35. The molecular formula is C15H29N3O. The van der Waals surface area contributed by atoms with E-state index in [1.807, 2.05) is 0 Å². The van der Waals surface area contributed by atoms with Crippen LogP contribution in [-0.4, -0.2) is 43.0 Å². The molecule has 2 unspecified atom stereocenters. The van der Waals surface area contributed by atoms with Gasteiger partial charge in [0.2, 0.25) is 5.91 Å². The number of hydrogen-bond donors (Lipinski definition) is 2. The van der Waals surface area contributed by atoms with Gasteiger partial charge in [-0.05, 0) is 44.7 Å². The molecule has 0 heterocycles. The minimum absolute atomic E-state index is 0.162. The van der Waals surface area contributed by atoms with Crippen molar-refractivity contribution in [1.29, 1.82) is 0 Å². The molecule has 4 nitrogen and oxygen atoms in total. The molecule has 0 bridgehead atoms. The van der Waals surface area contributed by atoms with Crippen LogP contribution in [0.15, 0.2) is 0 Å². The van der Waals surface area contributed by atoms with E-state index in [-0.39, 0.29) is 11.8 Å². The average molecular weight is 267 g/mol. The molecule has 0 saturated heterocycles. The lowest BCUT2D eigenvalue weighted by Gasteiger charge is -2.30. The summed E-state index contributed by atoms with van der Waals surface area (Å²) in [6.45, 7) is 5.73. The molecule has 19 heavy (non-hydrogen) atoms. The van der Waals surface area contributed by atoms with E-state index in [0.29, 0.717) is 12.5 Å². The first-order valence-corrected chi connectivity index (χ1v) is 7.98. The summed E-state index contributed by atoms with van der Waals surface area (Å²) in [5, 5.41) is 3.13. The highest BCUT2D eigenvalue weighted by Gasteiger charge is 2.30. The van der Waals surface area contributed by atoms with Crippen molar-refractivity contribution in [3.05, 3.63) is 0 Å². The van der Waals surface area contributed by atoms with Crippen LogP contribution in [-0.2, 0) is 4.79 Å². The lowest BCUT2D eigenvalue weighted by Crippen LogP contribution is -2.42. The molecule has 3 N–H and O–H groups in total. The third-order valence-corrected chi connectivity index (χ3v) is 4.72. The Morgan fingerprint density at radius 2 is 2.00 bits per heavy atom. The minimum Gasteiger partial charge on any atom is -0.355 e. The molecule has 2 rings (SSSR count). The van der Waals surface area contributed by atoms with Crippen LogP contribution in [0.2, 0.25) is 0 Å². The highest BCUT2D eigenvalue weighted by atomic mass is 16.1. The van der Waals surface area contributed by atoms with Gasteiger partial charge < -0.3 is 11.1 Å². The van der Waals surface area contributed by atoms with Gasteiger partial charge in [-0.1, -0.05) is 19.8 Å². The molecule has 110 valence electrons. The molecule has 2 aliphatic carbocycles. The van der Waals surface area contributed by atoms with Crippen molar-refractivity contribution in [3.8, 4) is 0 Å². The van der Waals surface area contributed by atoms with Crippen molar-refractivity contribution >= 4 is 5.91 Å². The largest absolute Gasteiger partial charge is 0.355 e. The van der Waals surface area contributed by atoms with Crippen LogP contribution in [0, 0.1) is 11.8 Å². The number of likely N-dealkylation sites (N-methyl/N-ethyl adjacent to an activating group) is 1. The van der Waals surface area contributed by atoms with Gasteiger partial charge in [-0.3, -0.25) is 9.69 Å². The SMILES string of the molecule is CCN(CCNC(=O)C1CCCCC1CN)C1CC1. The van der Waals surface area contributed by atoms with Gasteiger partial charge >= 0.3 is 0 Å². The summed E-state index contributed by atoms with van der Waals surface area (Å²) in [5.41, 5.74) is 5.79. The molecule has 2 atom stereocenters. The summed E-state index contributed by atoms with van der Waals surface area (Å²) >= 11 is 0. The molecule has 2 saturated carbocycles. The fourth-order valence-corrected chi connectivity index (χ4v) is 3.33. The van der Waals surface area contributed by atoms with Crippen molar-refractivity contribution in [3.63, 3.8) is 0 Å². The van der Waals surface area contributed by atoms with Crippen LogP contribution in [0.4, 0.5) is 0 Å². The Hall–Kier alpha value is -0.610. The normalized spacial score (nSPS) is 27.5. The van der Waals surface area contributed by atoms with E-state index >= 15 is 0 Å². The standard InChI is InChI=1S/C15H29N3O/c1-2-18(13-7-8-13)10-9-17-15(19)14-6-4-3-5-12(14)11-16/h12-14H,2-11,16H2,1H3,(H,17,19). The number of nitrogens with zero attached hydrogens (tertiary/aromatic N) is 1. The lowest BCUT2D eigenvalue weighted by atomic mass is 9.79. The van der Waals surface area contributed by atoms with E-state index in [1.54, 1.807) is 0 Å². The Balaban J connectivity index is 1.70. The Morgan fingerprint density at radius 1 is 1.26 bits per heavy atom. The second-order valence-corrected chi connectivity index (χ2v) is 6.04. The number of carbonyl (C=O) groups excluding carboxylic acids is 1. The number of carbonyl (C=O) groups is 1. The summed E-state index contributed by atoms with van der Waals surface area (Å²) < 4.78 is 0. The zero-order valence-corrected chi connectivity index (χ0v) is 12.2. The van der Waals surface area contributed by atoms with Gasteiger partial charge in [0.1, 0.15) is 0 Å². The van der Waals surface area contributed by atoms with Gasteiger partial charge in [-0.15, -0.1) is 0 Å². The van der Waals surface area contributed by atoms with Crippen molar-refractivity contribution in [2.45, 2.75) is 51.5 Å². The van der Waals surface area contributed by atoms with Crippen LogP contribution in [0.3, 0.4) is 0 Å². The average Bonchev–Trinajstić information content (AvgIpc) is 3.28. The van der Waals surface area contributed by atoms with Crippen LogP contribution in [0.1, 0.15) is 45.4 Å². The van der Waals surface area contributed by atoms with Crippen molar-refractivity contribution < 1.29 is 4.79 Å². The fraction of sp³-hybridized carbons (Fsp3) is 0.933. The van der Waals surface area contributed by atoms with Crippen LogP contribution in [0.25, 0.3) is 0 Å². The van der Waals surface area contributed by atoms with Crippen molar-refractivity contribution in [2.75, 3.05) is 26.2 Å². The van der Waals surface area contributed by atoms with Crippen LogP contribution >= 0.6 is 0 Å². The zero-order chi connectivity index (χ0) is 13.7. The topological polar surface area (TPSA) is 58.4 Å². The Morgan fingerprint density at radius 3 is 2.63 bits per heavy atom. The second kappa shape index (κ2) is 7.25. The quantitative estimate of drug-likeness (QED) is 0.732. The van der Waals surface area contributed by atoms with Gasteiger partial charge in [0.25, 0.3) is 0 Å². The molecule has 0 aromatic rings. The Kier molecular flexibility index (Phi) is 5.64. The third kappa shape index (κ3) is 4.18. The molecular weight excluding hydrogens is 238 g/mol. The predicted molar refractivity (Wildman–Crippen MR) is 77.8 cm³/mol. The molecule has 0 aromatic carbocycles. The fourth-order valence-electron chi connectivity index (χ4n) is 3.33. The number of rotatable bonds is 7. The smallest absolute Gasteiger partial charge is 0.223 e. The summed E-state index contributed by atoms with van der Waals surface area (Å²) in [6.07, 6.45) is 7.22. The molecule has 0 aromatic heterocycles. The summed E-state index contributed by atoms with van der Waals surface area (Å²) in [7, 11) is 0. The maximum Gasteiger partial charge on any atom is 0.223 e. The number of hydrogen-bond acceptors (Lipinski definition) is 3. The molecule has 4 heteroatoms. The molecule has 0 spiro atoms. The summed E-state index contributed by atoms with van der Waals surface area (Å²) in [4.78, 5) is 14.7. The monoisotopic (exact) mass is 267 g/mol. The molecule has 0 aliphatic heterocycles. The first-order chi connectivity index (χ1) is 9.26. The van der Waals surface area contributed by atoms with Gasteiger partial charge in [-0.2, -0.15) is 0 Å². The first kappa shape index (κ1) is 14.8. The molecule has 2 aliphatic rings. The van der Waals surface area contributed by atoms with Crippen molar-refractivity contribution in [1.82, 2.24) is 10.2 Å². The van der Waals surface area contributed by atoms with E-state index in [0.717, 1.165) is 38.5 Å². The second-order valence-electron chi connectivity index (χ2n) is 6.04. The number of nitrogens with two attached hydrogens (primary N) is 1. The van der Waals surface area contributed by atoms with E-state index in [4.69, 9.17) is 5.73 Å². The molecule has 0 radical (unpaired) electrons. The number of nitrogens with one attached hydrogen (secondary N) is 1. The van der Waals surface area contributed by atoms with E-state index in [9.17, 15) is 4.79 Å². The van der Waals surface area contributed by atoms with Crippen LogP contribution in [0.5, 0.6) is 0 Å². The number of amides is 1. The summed E-state index contributed by atoms with van der Waals surface area (Å²) in [5.74, 6) is 0.802. The maximum atomic E-state index is 12.2. The van der Waals surface area contributed by atoms with Gasteiger partial charge in [0.15, 0.2) is 0 Å². The van der Waals surface area contributed by atoms with Gasteiger partial charge in [0.05, 0.1) is 0 Å². The van der Waals surface area contributed by atoms with Crippen molar-refractivity contribution in [2.24, 2.45) is 17.6 Å². The van der Waals surface area contributed by atoms with E-state index in [2.05, 4.69) is 17.1 Å². The van der Waals surface area contributed by atoms with Gasteiger partial charge in [0, 0.05) is 25.0 Å². The van der Waals surface area contributed by atoms with Crippen LogP contribution < -0.4 is 11.1 Å². The maximum absolute atomic E-state index is 12.2. The lowest BCUT2D eigenvalue weighted by molar-refractivity contribution is -0.127. The zero-order valence-electron chi connectivity index (χ0n) is 12.2. The van der Waals surface area contributed by atoms with Gasteiger partial charge in [-0.25, -0.2) is 0 Å². The molecule has 1 amide bonds. The van der Waals surface area contributed by atoms with E-state index in [1.165, 1.54) is 25.7 Å². The minimum atomic E-state index is 0.162. The molecule has 2 fully saturated rings. The summed E-state index contributed by atoms with van der Waals surface area (Å²) in [6, 6.07) is 0.786. The third-order valence-electron chi connectivity index (χ3n) is 4.72. The highest BCUT2D eigenvalue weighted by molar-refractivity contribution is 5.79. The van der Waals surface area contributed by atoms with E-state index < -0.39 is 0 Å². The Bertz CT molecular complexity index is 291. The first-order valence-electron chi connectivity index (χ1n) is 7.98. The Labute approximate surface area is 117 Å².